The minimum Gasteiger partial charge on any atom is -0.394 e. The molecule has 1 fully saturated rings. The standard InChI is InChI=1S/C8H14BrNO6/c1-3(12)8(15)7(9,10)6(14)5(13)4(2-11)16-8/h4-6,11,13-15H,2,10H2,1H3/t4-,5+,6+,7-,8?/m1/s1. The summed E-state index contributed by atoms with van der Waals surface area (Å²) >= 11 is 2.77. The molecule has 1 aliphatic rings. The zero-order chi connectivity index (χ0) is 12.7. The van der Waals surface area contributed by atoms with Crippen LogP contribution in [0.4, 0.5) is 0 Å². The Labute approximate surface area is 99.9 Å². The van der Waals surface area contributed by atoms with E-state index in [9.17, 15) is 20.1 Å². The number of carbonyl (C=O) groups excluding carboxylic acids is 1. The molecule has 16 heavy (non-hydrogen) atoms. The SMILES string of the molecule is CC(=O)C1(O)O[C@H](CO)[C@H](O)[C@H](O)[C@]1(N)Br. The average Bonchev–Trinajstić information content (AvgIpc) is 2.21. The molecular weight excluding hydrogens is 286 g/mol. The first-order chi connectivity index (χ1) is 7.18. The number of aliphatic hydroxyl groups excluding tert-OH is 3. The van der Waals surface area contributed by atoms with Crippen LogP contribution in [0.1, 0.15) is 6.92 Å². The Balaban J connectivity index is 3.15. The minimum atomic E-state index is -2.51. The van der Waals surface area contributed by atoms with Crippen molar-refractivity contribution in [3.8, 4) is 0 Å². The molecule has 0 aromatic carbocycles. The number of ether oxygens (including phenoxy) is 1. The van der Waals surface area contributed by atoms with Crippen molar-refractivity contribution in [2.24, 2.45) is 5.73 Å². The maximum Gasteiger partial charge on any atom is 0.258 e. The quantitative estimate of drug-likeness (QED) is 0.279. The van der Waals surface area contributed by atoms with Gasteiger partial charge in [0, 0.05) is 6.92 Å². The van der Waals surface area contributed by atoms with Crippen LogP contribution in [0.3, 0.4) is 0 Å². The normalized spacial score (nSPS) is 49.1. The molecule has 1 saturated heterocycles. The molecule has 1 aliphatic heterocycles. The summed E-state index contributed by atoms with van der Waals surface area (Å²) in [6.45, 7) is 0.346. The number of carbonyl (C=O) groups is 1. The minimum absolute atomic E-state index is 0.670. The van der Waals surface area contributed by atoms with Gasteiger partial charge in [0.2, 0.25) is 0 Å². The molecule has 6 N–H and O–H groups in total. The van der Waals surface area contributed by atoms with Crippen LogP contribution in [0, 0.1) is 0 Å². The average molecular weight is 300 g/mol. The lowest BCUT2D eigenvalue weighted by Crippen LogP contribution is -2.76. The van der Waals surface area contributed by atoms with Gasteiger partial charge in [0.1, 0.15) is 18.3 Å². The predicted molar refractivity (Wildman–Crippen MR) is 55.4 cm³/mol. The smallest absolute Gasteiger partial charge is 0.258 e. The Hall–Kier alpha value is -0.0900. The Kier molecular flexibility index (Phi) is 3.75. The molecule has 0 radical (unpaired) electrons. The number of halogens is 1. The third-order valence-electron chi connectivity index (χ3n) is 2.63. The maximum atomic E-state index is 11.3. The largest absolute Gasteiger partial charge is 0.394 e. The van der Waals surface area contributed by atoms with Crippen molar-refractivity contribution in [1.29, 1.82) is 0 Å². The second-order valence-electron chi connectivity index (χ2n) is 3.74. The molecule has 0 aromatic heterocycles. The number of hydrogen-bond donors (Lipinski definition) is 5. The first-order valence-electron chi connectivity index (χ1n) is 4.54. The Morgan fingerprint density at radius 3 is 2.44 bits per heavy atom. The molecule has 8 heteroatoms. The number of alkyl halides is 1. The summed E-state index contributed by atoms with van der Waals surface area (Å²) in [5.74, 6) is -3.37. The van der Waals surface area contributed by atoms with Gasteiger partial charge >= 0.3 is 0 Å². The van der Waals surface area contributed by atoms with Crippen LogP contribution >= 0.6 is 15.9 Å². The van der Waals surface area contributed by atoms with Crippen molar-refractivity contribution >= 4 is 21.7 Å². The Bertz CT molecular complexity index is 298. The highest BCUT2D eigenvalue weighted by Gasteiger charge is 2.63. The molecule has 94 valence electrons. The first kappa shape index (κ1) is 14.0. The number of aliphatic hydroxyl groups is 4. The van der Waals surface area contributed by atoms with E-state index in [1.54, 1.807) is 0 Å². The molecule has 0 bridgehead atoms. The molecule has 1 rings (SSSR count). The molecule has 0 saturated carbocycles. The second-order valence-corrected chi connectivity index (χ2v) is 5.05. The van der Waals surface area contributed by atoms with Gasteiger partial charge in [-0.3, -0.25) is 4.79 Å². The van der Waals surface area contributed by atoms with Crippen molar-refractivity contribution in [2.45, 2.75) is 35.5 Å². The van der Waals surface area contributed by atoms with Crippen molar-refractivity contribution < 1.29 is 30.0 Å². The highest BCUT2D eigenvalue weighted by molar-refractivity contribution is 9.10. The summed E-state index contributed by atoms with van der Waals surface area (Å²) in [6.07, 6.45) is -4.49. The van der Waals surface area contributed by atoms with Crippen molar-refractivity contribution in [2.75, 3.05) is 6.61 Å². The van der Waals surface area contributed by atoms with Gasteiger partial charge in [0.25, 0.3) is 5.79 Å². The lowest BCUT2D eigenvalue weighted by molar-refractivity contribution is -0.303. The predicted octanol–water partition coefficient (Wildman–Crippen LogP) is -2.57. The molecule has 0 amide bonds. The maximum absolute atomic E-state index is 11.3. The molecule has 0 spiro atoms. The van der Waals surface area contributed by atoms with E-state index in [0.717, 1.165) is 6.92 Å². The van der Waals surface area contributed by atoms with Crippen molar-refractivity contribution in [3.05, 3.63) is 0 Å². The number of rotatable bonds is 2. The fraction of sp³-hybridized carbons (Fsp3) is 0.875. The molecule has 1 unspecified atom stereocenters. The topological polar surface area (TPSA) is 133 Å². The Morgan fingerprint density at radius 1 is 1.56 bits per heavy atom. The molecule has 0 aliphatic carbocycles. The zero-order valence-corrected chi connectivity index (χ0v) is 10.1. The van der Waals surface area contributed by atoms with Crippen LogP contribution in [0.25, 0.3) is 0 Å². The van der Waals surface area contributed by atoms with Crippen LogP contribution in [-0.4, -0.2) is 61.4 Å². The van der Waals surface area contributed by atoms with Gasteiger partial charge in [-0.25, -0.2) is 0 Å². The lowest BCUT2D eigenvalue weighted by atomic mass is 9.89. The monoisotopic (exact) mass is 299 g/mol. The number of Topliss-reactive ketones (excluding diaryl/α,β-unsaturated/α-hetero) is 1. The van der Waals surface area contributed by atoms with Crippen molar-refractivity contribution in [3.63, 3.8) is 0 Å². The third-order valence-corrected chi connectivity index (χ3v) is 3.64. The molecule has 0 aromatic rings. The highest BCUT2D eigenvalue weighted by atomic mass is 79.9. The summed E-state index contributed by atoms with van der Waals surface area (Å²) in [5.41, 5.74) is 5.54. The summed E-state index contributed by atoms with van der Waals surface area (Å²) in [6, 6.07) is 0. The fourth-order valence-electron chi connectivity index (χ4n) is 1.53. The molecule has 5 atom stereocenters. The van der Waals surface area contributed by atoms with Gasteiger partial charge in [-0.05, 0) is 0 Å². The van der Waals surface area contributed by atoms with E-state index in [2.05, 4.69) is 15.9 Å². The van der Waals surface area contributed by atoms with Gasteiger partial charge in [-0.15, -0.1) is 0 Å². The van der Waals surface area contributed by atoms with Crippen molar-refractivity contribution in [1.82, 2.24) is 0 Å². The van der Waals surface area contributed by atoms with Crippen LogP contribution in [-0.2, 0) is 9.53 Å². The van der Waals surface area contributed by atoms with Gasteiger partial charge in [-0.1, -0.05) is 15.9 Å². The summed E-state index contributed by atoms with van der Waals surface area (Å²) < 4.78 is 2.81. The third kappa shape index (κ3) is 1.80. The van der Waals surface area contributed by atoms with Crippen LogP contribution in [0.2, 0.25) is 0 Å². The van der Waals surface area contributed by atoms with Crippen LogP contribution in [0.5, 0.6) is 0 Å². The van der Waals surface area contributed by atoms with E-state index in [-0.39, 0.29) is 0 Å². The van der Waals surface area contributed by atoms with E-state index in [1.165, 1.54) is 0 Å². The van der Waals surface area contributed by atoms with Gasteiger partial charge < -0.3 is 30.9 Å². The summed E-state index contributed by atoms with van der Waals surface area (Å²) in [5, 5.41) is 38.0. The zero-order valence-electron chi connectivity index (χ0n) is 8.50. The summed E-state index contributed by atoms with van der Waals surface area (Å²) in [4.78, 5) is 11.3. The number of hydrogen-bond acceptors (Lipinski definition) is 7. The van der Waals surface area contributed by atoms with Gasteiger partial charge in [0.05, 0.1) is 6.61 Å². The fourth-order valence-corrected chi connectivity index (χ4v) is 2.17. The van der Waals surface area contributed by atoms with E-state index in [0.29, 0.717) is 0 Å². The van der Waals surface area contributed by atoms with Gasteiger partial charge in [-0.2, -0.15) is 0 Å². The molecule has 1 heterocycles. The Morgan fingerprint density at radius 2 is 2.06 bits per heavy atom. The molecular formula is C8H14BrNO6. The number of nitrogens with two attached hydrogens (primary N) is 1. The highest BCUT2D eigenvalue weighted by Crippen LogP contribution is 2.39. The van der Waals surface area contributed by atoms with E-state index < -0.39 is 40.9 Å². The molecule has 7 nitrogen and oxygen atoms in total. The second kappa shape index (κ2) is 4.30. The first-order valence-corrected chi connectivity index (χ1v) is 5.33. The van der Waals surface area contributed by atoms with E-state index >= 15 is 0 Å². The summed E-state index contributed by atoms with van der Waals surface area (Å²) in [7, 11) is 0. The van der Waals surface area contributed by atoms with Crippen LogP contribution in [0.15, 0.2) is 0 Å². The van der Waals surface area contributed by atoms with E-state index in [1.807, 2.05) is 0 Å². The van der Waals surface area contributed by atoms with Crippen LogP contribution < -0.4 is 5.73 Å². The van der Waals surface area contributed by atoms with Gasteiger partial charge in [0.15, 0.2) is 10.2 Å². The lowest BCUT2D eigenvalue weighted by Gasteiger charge is -2.49. The van der Waals surface area contributed by atoms with E-state index in [4.69, 9.17) is 15.6 Å². The number of ketones is 1.